The summed E-state index contributed by atoms with van der Waals surface area (Å²) in [7, 11) is 0. The predicted octanol–water partition coefficient (Wildman–Crippen LogP) is 3.97. The van der Waals surface area contributed by atoms with E-state index >= 15 is 0 Å². The largest absolute Gasteiger partial charge is 0.456 e. The maximum Gasteiger partial charge on any atom is 0.135 e. The Bertz CT molecular complexity index is 555. The summed E-state index contributed by atoms with van der Waals surface area (Å²) in [5, 5.41) is 10.4. The Labute approximate surface area is 100 Å². The first-order chi connectivity index (χ1) is 8.18. The Kier molecular flexibility index (Phi) is 3.45. The van der Waals surface area contributed by atoms with Crippen molar-refractivity contribution in [3.05, 3.63) is 48.5 Å². The van der Waals surface area contributed by atoms with Crippen LogP contribution in [0.1, 0.15) is 13.8 Å². The van der Waals surface area contributed by atoms with Crippen molar-refractivity contribution in [1.29, 1.82) is 0 Å². The van der Waals surface area contributed by atoms with Crippen molar-refractivity contribution in [1.82, 2.24) is 0 Å². The highest BCUT2D eigenvalue weighted by Gasteiger charge is 2.03. The predicted molar refractivity (Wildman–Crippen MR) is 71.1 cm³/mol. The summed E-state index contributed by atoms with van der Waals surface area (Å²) in [6.07, 6.45) is -0.167. The van der Waals surface area contributed by atoms with Gasteiger partial charge in [0.1, 0.15) is 11.2 Å². The molecule has 0 aliphatic heterocycles. The fourth-order valence-corrected chi connectivity index (χ4v) is 1.67. The monoisotopic (exact) mass is 228 g/mol. The third kappa shape index (κ3) is 2.66. The SMILES string of the molecule is CC(C)O.c1ccc2c(c1)oc1ccccc12. The van der Waals surface area contributed by atoms with E-state index < -0.39 is 0 Å². The van der Waals surface area contributed by atoms with Crippen molar-refractivity contribution in [3.63, 3.8) is 0 Å². The summed E-state index contributed by atoms with van der Waals surface area (Å²) in [4.78, 5) is 0. The number of benzene rings is 2. The van der Waals surface area contributed by atoms with E-state index in [1.165, 1.54) is 10.8 Å². The molecule has 0 radical (unpaired) electrons. The number of para-hydroxylation sites is 2. The number of aliphatic hydroxyl groups excluding tert-OH is 1. The summed E-state index contributed by atoms with van der Waals surface area (Å²) in [6.45, 7) is 3.44. The summed E-state index contributed by atoms with van der Waals surface area (Å²) in [6, 6.07) is 16.2. The van der Waals surface area contributed by atoms with Crippen LogP contribution in [0.2, 0.25) is 0 Å². The smallest absolute Gasteiger partial charge is 0.135 e. The molecule has 88 valence electrons. The van der Waals surface area contributed by atoms with Crippen LogP contribution in [-0.4, -0.2) is 11.2 Å². The van der Waals surface area contributed by atoms with Crippen molar-refractivity contribution in [3.8, 4) is 0 Å². The number of furan rings is 1. The lowest BCUT2D eigenvalue weighted by molar-refractivity contribution is 0.216. The van der Waals surface area contributed by atoms with E-state index in [-0.39, 0.29) is 6.10 Å². The van der Waals surface area contributed by atoms with Crippen LogP contribution in [-0.2, 0) is 0 Å². The molecule has 0 saturated heterocycles. The molecule has 0 unspecified atom stereocenters. The van der Waals surface area contributed by atoms with Gasteiger partial charge in [-0.15, -0.1) is 0 Å². The molecular formula is C15H16O2. The van der Waals surface area contributed by atoms with Gasteiger partial charge in [0, 0.05) is 16.9 Å². The highest BCUT2D eigenvalue weighted by atomic mass is 16.3. The minimum Gasteiger partial charge on any atom is -0.456 e. The average Bonchev–Trinajstić information content (AvgIpc) is 2.66. The Morgan fingerprint density at radius 2 is 1.18 bits per heavy atom. The fraction of sp³-hybridized carbons (Fsp3) is 0.200. The number of aliphatic hydroxyl groups is 1. The molecule has 0 fully saturated rings. The van der Waals surface area contributed by atoms with Crippen LogP contribution in [0, 0.1) is 0 Å². The molecule has 1 aromatic heterocycles. The lowest BCUT2D eigenvalue weighted by Gasteiger charge is -1.85. The van der Waals surface area contributed by atoms with Gasteiger partial charge in [-0.3, -0.25) is 0 Å². The average molecular weight is 228 g/mol. The van der Waals surface area contributed by atoms with Gasteiger partial charge < -0.3 is 9.52 Å². The topological polar surface area (TPSA) is 33.4 Å². The molecule has 17 heavy (non-hydrogen) atoms. The van der Waals surface area contributed by atoms with Crippen LogP contribution in [0.5, 0.6) is 0 Å². The van der Waals surface area contributed by atoms with Crippen LogP contribution < -0.4 is 0 Å². The summed E-state index contributed by atoms with van der Waals surface area (Å²) in [5.74, 6) is 0. The Morgan fingerprint density at radius 3 is 1.59 bits per heavy atom. The first-order valence-electron chi connectivity index (χ1n) is 5.73. The van der Waals surface area contributed by atoms with Gasteiger partial charge in [0.05, 0.1) is 0 Å². The second kappa shape index (κ2) is 5.02. The molecule has 1 N–H and O–H groups in total. The molecule has 3 rings (SSSR count). The molecule has 3 aromatic rings. The molecule has 0 atom stereocenters. The number of hydrogen-bond donors (Lipinski definition) is 1. The van der Waals surface area contributed by atoms with Gasteiger partial charge in [0.2, 0.25) is 0 Å². The normalized spacial score (nSPS) is 10.6. The van der Waals surface area contributed by atoms with Crippen molar-refractivity contribution in [2.75, 3.05) is 0 Å². The van der Waals surface area contributed by atoms with Crippen LogP contribution in [0.25, 0.3) is 21.9 Å². The maximum atomic E-state index is 8.06. The van der Waals surface area contributed by atoms with E-state index in [1.54, 1.807) is 13.8 Å². The van der Waals surface area contributed by atoms with Gasteiger partial charge in [-0.2, -0.15) is 0 Å². The third-order valence-corrected chi connectivity index (χ3v) is 2.28. The second-order valence-corrected chi connectivity index (χ2v) is 4.19. The van der Waals surface area contributed by atoms with Crippen molar-refractivity contribution in [2.24, 2.45) is 0 Å². The second-order valence-electron chi connectivity index (χ2n) is 4.19. The highest BCUT2D eigenvalue weighted by Crippen LogP contribution is 2.27. The highest BCUT2D eigenvalue weighted by molar-refractivity contribution is 6.04. The van der Waals surface area contributed by atoms with E-state index in [9.17, 15) is 0 Å². The minimum atomic E-state index is -0.167. The molecule has 2 aromatic carbocycles. The molecule has 0 amide bonds. The van der Waals surface area contributed by atoms with Crippen LogP contribution in [0.15, 0.2) is 52.9 Å². The van der Waals surface area contributed by atoms with Crippen molar-refractivity contribution < 1.29 is 9.52 Å². The van der Waals surface area contributed by atoms with E-state index in [1.807, 2.05) is 36.4 Å². The molecule has 0 saturated carbocycles. The number of hydrogen-bond acceptors (Lipinski definition) is 2. The Balaban J connectivity index is 0.000000239. The third-order valence-electron chi connectivity index (χ3n) is 2.28. The van der Waals surface area contributed by atoms with Crippen molar-refractivity contribution in [2.45, 2.75) is 20.0 Å². The van der Waals surface area contributed by atoms with Gasteiger partial charge in [0.15, 0.2) is 0 Å². The van der Waals surface area contributed by atoms with Gasteiger partial charge >= 0.3 is 0 Å². The molecular weight excluding hydrogens is 212 g/mol. The van der Waals surface area contributed by atoms with Gasteiger partial charge in [-0.05, 0) is 26.0 Å². The maximum absolute atomic E-state index is 8.06. The summed E-state index contributed by atoms with van der Waals surface area (Å²) >= 11 is 0. The molecule has 0 bridgehead atoms. The summed E-state index contributed by atoms with van der Waals surface area (Å²) < 4.78 is 5.65. The van der Waals surface area contributed by atoms with E-state index in [0.29, 0.717) is 0 Å². The van der Waals surface area contributed by atoms with E-state index in [0.717, 1.165) is 11.2 Å². The quantitative estimate of drug-likeness (QED) is 0.631. The van der Waals surface area contributed by atoms with Crippen LogP contribution >= 0.6 is 0 Å². The number of rotatable bonds is 0. The Morgan fingerprint density at radius 1 is 0.824 bits per heavy atom. The zero-order valence-electron chi connectivity index (χ0n) is 10.1. The first kappa shape index (κ1) is 11.7. The Hall–Kier alpha value is -1.80. The van der Waals surface area contributed by atoms with Crippen molar-refractivity contribution >= 4 is 21.9 Å². The molecule has 2 nitrogen and oxygen atoms in total. The van der Waals surface area contributed by atoms with Gasteiger partial charge in [-0.1, -0.05) is 36.4 Å². The zero-order valence-corrected chi connectivity index (χ0v) is 10.1. The number of fused-ring (bicyclic) bond motifs is 3. The lowest BCUT2D eigenvalue weighted by atomic mass is 10.2. The summed E-state index contributed by atoms with van der Waals surface area (Å²) in [5.41, 5.74) is 1.92. The van der Waals surface area contributed by atoms with E-state index in [2.05, 4.69) is 12.1 Å². The first-order valence-corrected chi connectivity index (χ1v) is 5.73. The fourth-order valence-electron chi connectivity index (χ4n) is 1.67. The molecule has 0 aliphatic carbocycles. The minimum absolute atomic E-state index is 0.167. The van der Waals surface area contributed by atoms with Gasteiger partial charge in [0.25, 0.3) is 0 Å². The van der Waals surface area contributed by atoms with E-state index in [4.69, 9.17) is 9.52 Å². The standard InChI is InChI=1S/C12H8O.C3H8O/c1-3-7-11-9(5-1)10-6-2-4-8-12(10)13-11;1-3(2)4/h1-8H;3-4H,1-2H3. The molecule has 0 aliphatic rings. The molecule has 2 heteroatoms. The molecule has 0 spiro atoms. The lowest BCUT2D eigenvalue weighted by Crippen LogP contribution is -1.85. The van der Waals surface area contributed by atoms with Crippen LogP contribution in [0.3, 0.4) is 0 Å². The van der Waals surface area contributed by atoms with Crippen LogP contribution in [0.4, 0.5) is 0 Å². The van der Waals surface area contributed by atoms with Gasteiger partial charge in [-0.25, -0.2) is 0 Å². The zero-order chi connectivity index (χ0) is 12.3. The molecule has 1 heterocycles.